The fraction of sp³-hybridized carbons (Fsp3) is 0.188. The number of halogens is 1. The van der Waals surface area contributed by atoms with Crippen LogP contribution in [0, 0.1) is 0 Å². The minimum atomic E-state index is -1.06. The number of hydrogen-bond donors (Lipinski definition) is 1. The number of methoxy groups -OCH3 is 1. The summed E-state index contributed by atoms with van der Waals surface area (Å²) in [6.45, 7) is 1.76. The van der Waals surface area contributed by atoms with E-state index in [9.17, 15) is 4.79 Å². The molecule has 0 radical (unpaired) electrons. The zero-order valence-corrected chi connectivity index (χ0v) is 13.0. The van der Waals surface area contributed by atoms with Crippen molar-refractivity contribution in [3.05, 3.63) is 64.6 Å². The van der Waals surface area contributed by atoms with E-state index in [4.69, 9.17) is 4.74 Å². The van der Waals surface area contributed by atoms with Gasteiger partial charge in [-0.2, -0.15) is 0 Å². The first-order valence-corrected chi connectivity index (χ1v) is 7.04. The van der Waals surface area contributed by atoms with Gasteiger partial charge in [0.2, 0.25) is 0 Å². The van der Waals surface area contributed by atoms with E-state index >= 15 is 0 Å². The molecule has 4 heteroatoms. The van der Waals surface area contributed by atoms with Crippen LogP contribution in [0.1, 0.15) is 12.5 Å². The molecule has 0 aliphatic heterocycles. The SMILES string of the molecule is CO[C@](C)(C(=O)Nc1ccccc1)c1ccccc1Br. The minimum Gasteiger partial charge on any atom is -0.364 e. The summed E-state index contributed by atoms with van der Waals surface area (Å²) >= 11 is 3.47. The van der Waals surface area contributed by atoms with Gasteiger partial charge in [-0.25, -0.2) is 0 Å². The molecule has 20 heavy (non-hydrogen) atoms. The van der Waals surface area contributed by atoms with Crippen molar-refractivity contribution in [2.45, 2.75) is 12.5 Å². The first-order valence-electron chi connectivity index (χ1n) is 6.24. The molecule has 3 nitrogen and oxygen atoms in total. The molecule has 0 aliphatic carbocycles. The number of carbonyl (C=O) groups excluding carboxylic acids is 1. The molecule has 2 aromatic carbocycles. The Balaban J connectivity index is 2.31. The Morgan fingerprint density at radius 2 is 1.70 bits per heavy atom. The molecule has 2 rings (SSSR count). The van der Waals surface area contributed by atoms with Gasteiger partial charge in [0.25, 0.3) is 5.91 Å². The van der Waals surface area contributed by atoms with E-state index in [1.54, 1.807) is 6.92 Å². The van der Waals surface area contributed by atoms with Crippen molar-refractivity contribution < 1.29 is 9.53 Å². The lowest BCUT2D eigenvalue weighted by atomic mass is 9.94. The van der Waals surface area contributed by atoms with Crippen LogP contribution in [0.3, 0.4) is 0 Å². The maximum atomic E-state index is 12.6. The van der Waals surface area contributed by atoms with Crippen LogP contribution in [-0.4, -0.2) is 13.0 Å². The quantitative estimate of drug-likeness (QED) is 0.919. The summed E-state index contributed by atoms with van der Waals surface area (Å²) in [5.41, 5.74) is 0.472. The molecular weight excluding hydrogens is 318 g/mol. The topological polar surface area (TPSA) is 38.3 Å². The number of hydrogen-bond acceptors (Lipinski definition) is 2. The van der Waals surface area contributed by atoms with Crippen LogP contribution < -0.4 is 5.32 Å². The monoisotopic (exact) mass is 333 g/mol. The van der Waals surface area contributed by atoms with Crippen LogP contribution in [0.25, 0.3) is 0 Å². The van der Waals surface area contributed by atoms with Crippen LogP contribution >= 0.6 is 15.9 Å². The second kappa shape index (κ2) is 6.20. The van der Waals surface area contributed by atoms with Gasteiger partial charge in [0, 0.05) is 22.8 Å². The molecule has 0 saturated carbocycles. The molecule has 0 aliphatic rings. The molecule has 0 fully saturated rings. The number of nitrogens with one attached hydrogen (secondary N) is 1. The number of rotatable bonds is 4. The molecule has 0 unspecified atom stereocenters. The van der Waals surface area contributed by atoms with Gasteiger partial charge < -0.3 is 10.1 Å². The highest BCUT2D eigenvalue weighted by Gasteiger charge is 2.36. The van der Waals surface area contributed by atoms with E-state index in [2.05, 4.69) is 21.2 Å². The Bertz CT molecular complexity index is 600. The minimum absolute atomic E-state index is 0.210. The largest absolute Gasteiger partial charge is 0.364 e. The fourth-order valence-electron chi connectivity index (χ4n) is 1.94. The van der Waals surface area contributed by atoms with E-state index in [0.29, 0.717) is 0 Å². The molecule has 0 aromatic heterocycles. The van der Waals surface area contributed by atoms with E-state index < -0.39 is 5.60 Å². The van der Waals surface area contributed by atoms with Crippen LogP contribution in [0.5, 0.6) is 0 Å². The summed E-state index contributed by atoms with van der Waals surface area (Å²) in [5.74, 6) is -0.210. The average Bonchev–Trinajstić information content (AvgIpc) is 2.48. The van der Waals surface area contributed by atoms with Crippen molar-refractivity contribution in [3.63, 3.8) is 0 Å². The highest BCUT2D eigenvalue weighted by molar-refractivity contribution is 9.10. The second-order valence-corrected chi connectivity index (χ2v) is 5.39. The highest BCUT2D eigenvalue weighted by Crippen LogP contribution is 2.32. The number of ether oxygens (including phenoxy) is 1. The molecule has 0 saturated heterocycles. The lowest BCUT2D eigenvalue weighted by Crippen LogP contribution is -2.39. The Hall–Kier alpha value is -1.65. The Labute approximate surface area is 127 Å². The van der Waals surface area contributed by atoms with E-state index in [1.165, 1.54) is 7.11 Å². The van der Waals surface area contributed by atoms with E-state index in [1.807, 2.05) is 54.6 Å². The summed E-state index contributed by atoms with van der Waals surface area (Å²) in [4.78, 5) is 12.6. The third kappa shape index (κ3) is 2.92. The Morgan fingerprint density at radius 3 is 2.30 bits per heavy atom. The van der Waals surface area contributed by atoms with Crippen LogP contribution in [0.4, 0.5) is 5.69 Å². The number of benzene rings is 2. The second-order valence-electron chi connectivity index (χ2n) is 4.54. The van der Waals surface area contributed by atoms with E-state index in [0.717, 1.165) is 15.7 Å². The highest BCUT2D eigenvalue weighted by atomic mass is 79.9. The molecule has 0 bridgehead atoms. The van der Waals surface area contributed by atoms with Crippen molar-refractivity contribution in [2.24, 2.45) is 0 Å². The molecule has 2 aromatic rings. The van der Waals surface area contributed by atoms with Gasteiger partial charge in [-0.05, 0) is 25.1 Å². The van der Waals surface area contributed by atoms with Crippen molar-refractivity contribution in [1.82, 2.24) is 0 Å². The van der Waals surface area contributed by atoms with Gasteiger partial charge >= 0.3 is 0 Å². The molecular formula is C16H16BrNO2. The maximum Gasteiger partial charge on any atom is 0.261 e. The Morgan fingerprint density at radius 1 is 1.10 bits per heavy atom. The van der Waals surface area contributed by atoms with Gasteiger partial charge in [-0.1, -0.05) is 52.3 Å². The van der Waals surface area contributed by atoms with Gasteiger partial charge in [-0.15, -0.1) is 0 Å². The summed E-state index contributed by atoms with van der Waals surface area (Å²) in [6, 6.07) is 16.9. The van der Waals surface area contributed by atoms with Crippen molar-refractivity contribution in [2.75, 3.05) is 12.4 Å². The number of anilines is 1. The zero-order valence-electron chi connectivity index (χ0n) is 11.4. The molecule has 0 heterocycles. The normalized spacial score (nSPS) is 13.6. The van der Waals surface area contributed by atoms with E-state index in [-0.39, 0.29) is 5.91 Å². The third-order valence-electron chi connectivity index (χ3n) is 3.26. The van der Waals surface area contributed by atoms with Crippen LogP contribution in [0.2, 0.25) is 0 Å². The van der Waals surface area contributed by atoms with Crippen LogP contribution in [-0.2, 0) is 15.1 Å². The maximum absolute atomic E-state index is 12.6. The molecule has 0 spiro atoms. The van der Waals surface area contributed by atoms with Gasteiger partial charge in [0.1, 0.15) is 0 Å². The lowest BCUT2D eigenvalue weighted by molar-refractivity contribution is -0.136. The third-order valence-corrected chi connectivity index (χ3v) is 3.95. The van der Waals surface area contributed by atoms with Crippen molar-refractivity contribution in [1.29, 1.82) is 0 Å². The molecule has 104 valence electrons. The molecule has 1 amide bonds. The summed E-state index contributed by atoms with van der Waals surface area (Å²) < 4.78 is 6.34. The van der Waals surface area contributed by atoms with Gasteiger partial charge in [0.05, 0.1) is 0 Å². The zero-order chi connectivity index (χ0) is 14.6. The number of para-hydroxylation sites is 1. The first kappa shape index (κ1) is 14.8. The van der Waals surface area contributed by atoms with Crippen molar-refractivity contribution in [3.8, 4) is 0 Å². The fourth-order valence-corrected chi connectivity index (χ4v) is 2.61. The average molecular weight is 334 g/mol. The summed E-state index contributed by atoms with van der Waals surface area (Å²) in [5, 5.41) is 2.87. The predicted molar refractivity (Wildman–Crippen MR) is 83.6 cm³/mol. The number of carbonyl (C=O) groups is 1. The van der Waals surface area contributed by atoms with Gasteiger partial charge in [-0.3, -0.25) is 4.79 Å². The standard InChI is InChI=1S/C16H16BrNO2/c1-16(20-2,13-10-6-7-11-14(13)17)15(19)18-12-8-4-3-5-9-12/h3-11H,1-2H3,(H,18,19)/t16-/m0/s1. The first-order chi connectivity index (χ1) is 9.58. The predicted octanol–water partition coefficient (Wildman–Crippen LogP) is 3.95. The molecule has 1 N–H and O–H groups in total. The van der Waals surface area contributed by atoms with Gasteiger partial charge in [0.15, 0.2) is 5.60 Å². The summed E-state index contributed by atoms with van der Waals surface area (Å²) in [6.07, 6.45) is 0. The smallest absolute Gasteiger partial charge is 0.261 e. The molecule has 1 atom stereocenters. The lowest BCUT2D eigenvalue weighted by Gasteiger charge is -2.28. The van der Waals surface area contributed by atoms with Crippen LogP contribution in [0.15, 0.2) is 59.1 Å². The number of amides is 1. The van der Waals surface area contributed by atoms with Crippen molar-refractivity contribution >= 4 is 27.5 Å². The Kier molecular flexibility index (Phi) is 4.57. The summed E-state index contributed by atoms with van der Waals surface area (Å²) in [7, 11) is 1.53.